The van der Waals surface area contributed by atoms with Crippen molar-refractivity contribution in [3.8, 4) is 11.5 Å². The van der Waals surface area contributed by atoms with Crippen molar-refractivity contribution >= 4 is 23.3 Å². The molecule has 2 aromatic carbocycles. The Bertz CT molecular complexity index is 1160. The Hall–Kier alpha value is -2.99. The molecular weight excluding hydrogens is 454 g/mol. The second-order valence-corrected chi connectivity index (χ2v) is 9.83. The molecule has 7 heteroatoms. The molecule has 3 aliphatic rings. The molecule has 2 aliphatic heterocycles. The summed E-state index contributed by atoms with van der Waals surface area (Å²) in [4.78, 5) is 29.2. The lowest BCUT2D eigenvalue weighted by atomic mass is 9.77. The van der Waals surface area contributed by atoms with Crippen LogP contribution in [0.25, 0.3) is 0 Å². The molecule has 1 fully saturated rings. The number of ether oxygens (including phenoxy) is 3. The predicted octanol–water partition coefficient (Wildman–Crippen LogP) is 4.73. The van der Waals surface area contributed by atoms with E-state index in [-0.39, 0.29) is 34.8 Å². The summed E-state index contributed by atoms with van der Waals surface area (Å²) in [6, 6.07) is 13.0. The molecule has 0 aromatic heterocycles. The van der Waals surface area contributed by atoms with E-state index in [2.05, 4.69) is 0 Å². The molecule has 1 aliphatic carbocycles. The number of alkyl halides is 1. The molecule has 0 radical (unpaired) electrons. The number of benzene rings is 2. The number of nitrogens with zero attached hydrogens (tertiary/aromatic N) is 1. The second-order valence-electron chi connectivity index (χ2n) is 9.22. The van der Waals surface area contributed by atoms with E-state index in [0.717, 1.165) is 23.1 Å². The van der Waals surface area contributed by atoms with Crippen LogP contribution in [0.3, 0.4) is 0 Å². The summed E-state index contributed by atoms with van der Waals surface area (Å²) in [5.74, 6) is 0.693. The zero-order valence-corrected chi connectivity index (χ0v) is 20.3. The summed E-state index contributed by atoms with van der Waals surface area (Å²) in [7, 11) is 3.14. The first-order chi connectivity index (χ1) is 16.4. The lowest BCUT2D eigenvalue weighted by molar-refractivity contribution is -0.135. The molecule has 34 heavy (non-hydrogen) atoms. The molecule has 178 valence electrons. The van der Waals surface area contributed by atoms with Crippen LogP contribution >= 0.6 is 11.6 Å². The van der Waals surface area contributed by atoms with Crippen LogP contribution in [0.2, 0.25) is 0 Å². The monoisotopic (exact) mass is 481 g/mol. The van der Waals surface area contributed by atoms with Crippen molar-refractivity contribution in [1.29, 1.82) is 0 Å². The SMILES string of the molecule is COc1ccc(C2C3=C(OC4CCC(Cl)CC4C3=O)C(=O)N2Cc2ccc(C)cc2)cc1OC. The maximum absolute atomic E-state index is 13.8. The minimum atomic E-state index is -0.576. The van der Waals surface area contributed by atoms with E-state index in [9.17, 15) is 9.59 Å². The number of hydrogen-bond donors (Lipinski definition) is 0. The van der Waals surface area contributed by atoms with Gasteiger partial charge in [0.1, 0.15) is 6.10 Å². The molecule has 5 rings (SSSR count). The van der Waals surface area contributed by atoms with Crippen LogP contribution in [0.5, 0.6) is 11.5 Å². The Labute approximate surface area is 204 Å². The van der Waals surface area contributed by atoms with Gasteiger partial charge in [0.05, 0.1) is 31.8 Å². The number of halogens is 1. The number of carbonyl (C=O) groups is 2. The first-order valence-corrected chi connectivity index (χ1v) is 12.0. The Balaban J connectivity index is 1.59. The predicted molar refractivity (Wildman–Crippen MR) is 128 cm³/mol. The summed E-state index contributed by atoms with van der Waals surface area (Å²) in [6.07, 6.45) is 1.72. The highest BCUT2D eigenvalue weighted by atomic mass is 35.5. The zero-order chi connectivity index (χ0) is 24.0. The van der Waals surface area contributed by atoms with E-state index >= 15 is 0 Å². The van der Waals surface area contributed by atoms with Crippen molar-refractivity contribution in [2.75, 3.05) is 14.2 Å². The van der Waals surface area contributed by atoms with Gasteiger partial charge in [-0.3, -0.25) is 9.59 Å². The number of rotatable bonds is 5. The van der Waals surface area contributed by atoms with Crippen molar-refractivity contribution in [2.45, 2.75) is 50.3 Å². The van der Waals surface area contributed by atoms with E-state index in [0.29, 0.717) is 36.5 Å². The number of amides is 1. The minimum absolute atomic E-state index is 0.0314. The molecule has 0 bridgehead atoms. The lowest BCUT2D eigenvalue weighted by Gasteiger charge is -2.37. The number of fused-ring (bicyclic) bond motifs is 1. The minimum Gasteiger partial charge on any atom is -0.493 e. The van der Waals surface area contributed by atoms with Crippen molar-refractivity contribution in [3.63, 3.8) is 0 Å². The zero-order valence-electron chi connectivity index (χ0n) is 19.5. The fraction of sp³-hybridized carbons (Fsp3) is 0.407. The molecule has 4 unspecified atom stereocenters. The molecule has 0 N–H and O–H groups in total. The standard InChI is InChI=1S/C27H28ClNO5/c1-15-4-6-16(7-5-15)14-29-24(17-8-10-21(32-2)22(12-17)33-3)23-25(30)19-13-18(28)9-11-20(19)34-26(23)27(29)31/h4-8,10,12,18-20,24H,9,11,13-14H2,1-3H3. The van der Waals surface area contributed by atoms with Crippen LogP contribution in [-0.4, -0.2) is 42.3 Å². The molecule has 4 atom stereocenters. The summed E-state index contributed by atoms with van der Waals surface area (Å²) in [5.41, 5.74) is 3.33. The van der Waals surface area contributed by atoms with Crippen molar-refractivity contribution in [1.82, 2.24) is 4.90 Å². The first kappa shape index (κ1) is 22.8. The number of aryl methyl sites for hydroxylation is 1. The molecule has 2 aromatic rings. The van der Waals surface area contributed by atoms with Crippen molar-refractivity contribution in [2.24, 2.45) is 5.92 Å². The Kier molecular flexibility index (Phi) is 6.02. The average Bonchev–Trinajstić information content (AvgIpc) is 3.12. The Morgan fingerprint density at radius 3 is 2.47 bits per heavy atom. The summed E-state index contributed by atoms with van der Waals surface area (Å²) >= 11 is 6.42. The molecular formula is C27H28ClNO5. The third kappa shape index (κ3) is 3.84. The summed E-state index contributed by atoms with van der Waals surface area (Å²) < 4.78 is 17.1. The Morgan fingerprint density at radius 2 is 1.76 bits per heavy atom. The molecule has 1 saturated carbocycles. The fourth-order valence-electron chi connectivity index (χ4n) is 5.29. The summed E-state index contributed by atoms with van der Waals surface area (Å²) in [6.45, 7) is 2.38. The number of methoxy groups -OCH3 is 2. The van der Waals surface area contributed by atoms with Crippen LogP contribution in [0.1, 0.15) is 42.0 Å². The molecule has 0 spiro atoms. The van der Waals surface area contributed by atoms with Crippen molar-refractivity contribution in [3.05, 3.63) is 70.5 Å². The van der Waals surface area contributed by atoms with Gasteiger partial charge >= 0.3 is 0 Å². The molecule has 6 nitrogen and oxygen atoms in total. The van der Waals surface area contributed by atoms with Crippen LogP contribution in [0.15, 0.2) is 53.8 Å². The van der Waals surface area contributed by atoms with Gasteiger partial charge in [0.25, 0.3) is 5.91 Å². The number of carbonyl (C=O) groups excluding carboxylic acids is 2. The van der Waals surface area contributed by atoms with Gasteiger partial charge in [-0.1, -0.05) is 35.9 Å². The van der Waals surface area contributed by atoms with Crippen LogP contribution in [0.4, 0.5) is 0 Å². The third-order valence-corrected chi connectivity index (χ3v) is 7.47. The quantitative estimate of drug-likeness (QED) is 0.578. The Morgan fingerprint density at radius 1 is 1.03 bits per heavy atom. The van der Waals surface area contributed by atoms with E-state index < -0.39 is 6.04 Å². The first-order valence-electron chi connectivity index (χ1n) is 11.6. The fourth-order valence-corrected chi connectivity index (χ4v) is 5.60. The number of ketones is 1. The smallest absolute Gasteiger partial charge is 0.290 e. The van der Waals surface area contributed by atoms with Crippen LogP contribution in [0, 0.1) is 12.8 Å². The lowest BCUT2D eigenvalue weighted by Crippen LogP contribution is -2.41. The largest absolute Gasteiger partial charge is 0.493 e. The van der Waals surface area contributed by atoms with Crippen LogP contribution in [-0.2, 0) is 20.9 Å². The molecule has 2 heterocycles. The average molecular weight is 482 g/mol. The second kappa shape index (κ2) is 8.99. The van der Waals surface area contributed by atoms with Gasteiger partial charge in [0.2, 0.25) is 0 Å². The third-order valence-electron chi connectivity index (χ3n) is 7.08. The van der Waals surface area contributed by atoms with Gasteiger partial charge in [-0.15, -0.1) is 11.6 Å². The van der Waals surface area contributed by atoms with Gasteiger partial charge in [-0.05, 0) is 49.4 Å². The van der Waals surface area contributed by atoms with E-state index in [1.165, 1.54) is 0 Å². The van der Waals surface area contributed by atoms with E-state index in [4.69, 9.17) is 25.8 Å². The van der Waals surface area contributed by atoms with E-state index in [1.807, 2.05) is 43.3 Å². The number of hydrogen-bond acceptors (Lipinski definition) is 5. The normalized spacial score (nSPS) is 26.2. The van der Waals surface area contributed by atoms with Gasteiger partial charge in [-0.2, -0.15) is 0 Å². The summed E-state index contributed by atoms with van der Waals surface area (Å²) in [5, 5.41) is -0.0590. The number of Topliss-reactive ketones (excluding diaryl/α,β-unsaturated/α-hetero) is 1. The molecule has 0 saturated heterocycles. The topological polar surface area (TPSA) is 65.1 Å². The van der Waals surface area contributed by atoms with Crippen molar-refractivity contribution < 1.29 is 23.8 Å². The molecule has 1 amide bonds. The highest BCUT2D eigenvalue weighted by Crippen LogP contribution is 2.48. The maximum Gasteiger partial charge on any atom is 0.290 e. The van der Waals surface area contributed by atoms with Gasteiger partial charge in [-0.25, -0.2) is 0 Å². The van der Waals surface area contributed by atoms with Crippen LogP contribution < -0.4 is 9.47 Å². The maximum atomic E-state index is 13.8. The highest BCUT2D eigenvalue weighted by Gasteiger charge is 2.52. The van der Waals surface area contributed by atoms with Gasteiger partial charge in [0, 0.05) is 11.9 Å². The van der Waals surface area contributed by atoms with Gasteiger partial charge in [0.15, 0.2) is 23.0 Å². The highest BCUT2D eigenvalue weighted by molar-refractivity contribution is 6.21. The van der Waals surface area contributed by atoms with Gasteiger partial charge < -0.3 is 19.1 Å². The van der Waals surface area contributed by atoms with E-state index in [1.54, 1.807) is 25.2 Å².